The molecule has 0 saturated carbocycles. The van der Waals surface area contributed by atoms with E-state index in [9.17, 15) is 19.5 Å². The maximum absolute atomic E-state index is 13.8. The minimum Gasteiger partial charge on any atom is -0.507 e. The SMILES string of the molecule is CCCOc1ccc(C(O)=C2C(=O)C(=O)N(CCCOC)[C@@]23C(=O)N(C)c2ccccc23)cc1. The summed E-state index contributed by atoms with van der Waals surface area (Å²) in [5, 5.41) is 11.4. The second kappa shape index (κ2) is 9.30. The first-order valence-corrected chi connectivity index (χ1v) is 11.3. The topological polar surface area (TPSA) is 96.4 Å². The number of para-hydroxylation sites is 1. The van der Waals surface area contributed by atoms with Crippen LogP contribution in [0.5, 0.6) is 5.75 Å². The summed E-state index contributed by atoms with van der Waals surface area (Å²) in [7, 11) is 3.15. The fourth-order valence-electron chi connectivity index (χ4n) is 4.71. The third kappa shape index (κ3) is 3.45. The van der Waals surface area contributed by atoms with Crippen molar-refractivity contribution in [3.05, 3.63) is 65.2 Å². The van der Waals surface area contributed by atoms with Gasteiger partial charge in [-0.2, -0.15) is 0 Å². The van der Waals surface area contributed by atoms with Gasteiger partial charge < -0.3 is 24.4 Å². The van der Waals surface area contributed by atoms with Crippen molar-refractivity contribution in [3.63, 3.8) is 0 Å². The third-order valence-electron chi connectivity index (χ3n) is 6.27. The van der Waals surface area contributed by atoms with Crippen molar-refractivity contribution in [2.24, 2.45) is 0 Å². The molecule has 2 aliphatic heterocycles. The van der Waals surface area contributed by atoms with Crippen molar-refractivity contribution in [1.82, 2.24) is 4.90 Å². The predicted octanol–water partition coefficient (Wildman–Crippen LogP) is 3.06. The molecule has 1 fully saturated rings. The largest absolute Gasteiger partial charge is 0.507 e. The Kier molecular flexibility index (Phi) is 6.43. The highest BCUT2D eigenvalue weighted by Gasteiger charge is 2.66. The monoisotopic (exact) mass is 464 g/mol. The average Bonchev–Trinajstić information content (AvgIpc) is 3.21. The van der Waals surface area contributed by atoms with Gasteiger partial charge in [0.1, 0.15) is 11.5 Å². The zero-order chi connectivity index (χ0) is 24.5. The first-order chi connectivity index (χ1) is 16.4. The number of methoxy groups -OCH3 is 1. The fraction of sp³-hybridized carbons (Fsp3) is 0.346. The molecule has 34 heavy (non-hydrogen) atoms. The Morgan fingerprint density at radius 3 is 2.41 bits per heavy atom. The highest BCUT2D eigenvalue weighted by Crippen LogP contribution is 2.53. The first-order valence-electron chi connectivity index (χ1n) is 11.3. The van der Waals surface area contributed by atoms with Crippen LogP contribution in [-0.4, -0.2) is 61.5 Å². The second-order valence-corrected chi connectivity index (χ2v) is 8.32. The zero-order valence-electron chi connectivity index (χ0n) is 19.5. The van der Waals surface area contributed by atoms with Crippen LogP contribution in [0.15, 0.2) is 54.1 Å². The van der Waals surface area contributed by atoms with Crippen molar-refractivity contribution in [2.75, 3.05) is 38.8 Å². The number of aliphatic hydroxyl groups excluding tert-OH is 1. The van der Waals surface area contributed by atoms with E-state index < -0.39 is 28.9 Å². The van der Waals surface area contributed by atoms with Gasteiger partial charge in [0, 0.05) is 44.1 Å². The van der Waals surface area contributed by atoms with Crippen LogP contribution in [0.3, 0.4) is 0 Å². The first kappa shape index (κ1) is 23.5. The summed E-state index contributed by atoms with van der Waals surface area (Å²) >= 11 is 0. The number of carbonyl (C=O) groups is 3. The Hall–Kier alpha value is -3.65. The predicted molar refractivity (Wildman–Crippen MR) is 127 cm³/mol. The van der Waals surface area contributed by atoms with E-state index in [0.717, 1.165) is 6.42 Å². The number of amides is 2. The molecule has 1 atom stereocenters. The number of likely N-dealkylation sites (N-methyl/N-ethyl adjacent to an activating group) is 1. The molecule has 8 nitrogen and oxygen atoms in total. The molecule has 0 aromatic heterocycles. The van der Waals surface area contributed by atoms with Gasteiger partial charge in [0.05, 0.1) is 12.2 Å². The summed E-state index contributed by atoms with van der Waals surface area (Å²) in [6.45, 7) is 3.02. The van der Waals surface area contributed by atoms with E-state index in [4.69, 9.17) is 9.47 Å². The van der Waals surface area contributed by atoms with Gasteiger partial charge in [0.25, 0.3) is 17.6 Å². The smallest absolute Gasteiger partial charge is 0.296 e. The summed E-state index contributed by atoms with van der Waals surface area (Å²) in [5.74, 6) is -1.95. The van der Waals surface area contributed by atoms with Crippen LogP contribution < -0.4 is 9.64 Å². The number of hydrogen-bond donors (Lipinski definition) is 1. The molecule has 4 rings (SSSR count). The molecule has 178 valence electrons. The molecule has 2 aromatic rings. The van der Waals surface area contributed by atoms with E-state index in [0.29, 0.717) is 42.2 Å². The second-order valence-electron chi connectivity index (χ2n) is 8.32. The lowest BCUT2D eigenvalue weighted by Gasteiger charge is -2.34. The summed E-state index contributed by atoms with van der Waals surface area (Å²) in [6, 6.07) is 13.6. The summed E-state index contributed by atoms with van der Waals surface area (Å²) in [5.41, 5.74) is -0.574. The number of ketones is 1. The van der Waals surface area contributed by atoms with Gasteiger partial charge in [0.15, 0.2) is 5.54 Å². The summed E-state index contributed by atoms with van der Waals surface area (Å²) < 4.78 is 10.7. The van der Waals surface area contributed by atoms with Crippen LogP contribution in [-0.2, 0) is 24.7 Å². The Morgan fingerprint density at radius 1 is 1.03 bits per heavy atom. The normalized spacial score (nSPS) is 21.0. The number of nitrogens with zero attached hydrogens (tertiary/aromatic N) is 2. The zero-order valence-corrected chi connectivity index (χ0v) is 19.5. The van der Waals surface area contributed by atoms with E-state index in [2.05, 4.69) is 0 Å². The molecule has 2 heterocycles. The molecule has 0 radical (unpaired) electrons. The van der Waals surface area contributed by atoms with Crippen LogP contribution in [0, 0.1) is 0 Å². The lowest BCUT2D eigenvalue weighted by atomic mass is 9.82. The van der Waals surface area contributed by atoms with Crippen LogP contribution >= 0.6 is 0 Å². The highest BCUT2D eigenvalue weighted by molar-refractivity contribution is 6.50. The van der Waals surface area contributed by atoms with Gasteiger partial charge >= 0.3 is 0 Å². The number of fused-ring (bicyclic) bond motifs is 2. The number of aliphatic hydroxyl groups is 1. The number of ether oxygens (including phenoxy) is 2. The van der Waals surface area contributed by atoms with Gasteiger partial charge in [-0.25, -0.2) is 0 Å². The van der Waals surface area contributed by atoms with Crippen LogP contribution in [0.1, 0.15) is 30.9 Å². The molecule has 2 aromatic carbocycles. The minimum atomic E-state index is -1.74. The van der Waals surface area contributed by atoms with E-state index in [-0.39, 0.29) is 12.1 Å². The number of benzene rings is 2. The lowest BCUT2D eigenvalue weighted by molar-refractivity contribution is -0.143. The Labute approximate surface area is 198 Å². The number of carbonyl (C=O) groups excluding carboxylic acids is 3. The molecule has 1 N–H and O–H groups in total. The van der Waals surface area contributed by atoms with E-state index in [1.54, 1.807) is 62.7 Å². The molecule has 0 aliphatic carbocycles. The lowest BCUT2D eigenvalue weighted by Crippen LogP contribution is -2.51. The molecule has 2 aliphatic rings. The van der Waals surface area contributed by atoms with Gasteiger partial charge in [0.2, 0.25) is 0 Å². The van der Waals surface area contributed by atoms with Crippen molar-refractivity contribution in [2.45, 2.75) is 25.3 Å². The Bertz CT molecular complexity index is 1160. The van der Waals surface area contributed by atoms with Crippen molar-refractivity contribution in [1.29, 1.82) is 0 Å². The third-order valence-corrected chi connectivity index (χ3v) is 6.27. The van der Waals surface area contributed by atoms with Crippen molar-refractivity contribution in [3.8, 4) is 5.75 Å². The average molecular weight is 465 g/mol. The van der Waals surface area contributed by atoms with E-state index in [1.165, 1.54) is 9.80 Å². The Morgan fingerprint density at radius 2 is 1.74 bits per heavy atom. The van der Waals surface area contributed by atoms with Crippen molar-refractivity contribution < 1.29 is 29.0 Å². The molecule has 1 saturated heterocycles. The molecular formula is C26H28N2O6. The number of hydrogen-bond acceptors (Lipinski definition) is 6. The maximum atomic E-state index is 13.8. The molecule has 0 unspecified atom stereocenters. The van der Waals surface area contributed by atoms with Gasteiger partial charge in [-0.3, -0.25) is 14.4 Å². The Balaban J connectivity index is 1.91. The standard InChI is InChI=1S/C26H28N2O6/c1-4-15-34-18-12-10-17(11-13-18)22(29)21-23(30)24(31)28(14-7-16-33-3)26(21)19-8-5-6-9-20(19)27(2)25(26)32/h5-6,8-13,29H,4,7,14-16H2,1-3H3/t26-/m1/s1. The minimum absolute atomic E-state index is 0.118. The summed E-state index contributed by atoms with van der Waals surface area (Å²) in [6.07, 6.45) is 1.28. The molecule has 1 spiro atoms. The summed E-state index contributed by atoms with van der Waals surface area (Å²) in [4.78, 5) is 43.1. The molecule has 8 heteroatoms. The van der Waals surface area contributed by atoms with Crippen molar-refractivity contribution >= 4 is 29.0 Å². The van der Waals surface area contributed by atoms with E-state index in [1.807, 2.05) is 6.92 Å². The fourth-order valence-corrected chi connectivity index (χ4v) is 4.71. The van der Waals surface area contributed by atoms with Crippen LogP contribution in [0.25, 0.3) is 5.76 Å². The molecule has 0 bridgehead atoms. The van der Waals surface area contributed by atoms with Crippen LogP contribution in [0.2, 0.25) is 0 Å². The highest BCUT2D eigenvalue weighted by atomic mass is 16.5. The molecule has 2 amide bonds. The number of likely N-dealkylation sites (tertiary alicyclic amines) is 1. The van der Waals surface area contributed by atoms with Gasteiger partial charge in [-0.05, 0) is 43.2 Å². The van der Waals surface area contributed by atoms with Gasteiger partial charge in [-0.1, -0.05) is 25.1 Å². The quantitative estimate of drug-likeness (QED) is 0.279. The van der Waals surface area contributed by atoms with Gasteiger partial charge in [-0.15, -0.1) is 0 Å². The maximum Gasteiger partial charge on any atom is 0.296 e. The number of Topliss-reactive ketones (excluding diaryl/α,β-unsaturated/α-hetero) is 1. The number of rotatable bonds is 8. The van der Waals surface area contributed by atoms with E-state index >= 15 is 0 Å². The molecular weight excluding hydrogens is 436 g/mol. The van der Waals surface area contributed by atoms with Crippen LogP contribution in [0.4, 0.5) is 5.69 Å². The number of anilines is 1.